The molecule has 0 aromatic heterocycles. The molecule has 4 saturated carbocycles. The lowest BCUT2D eigenvalue weighted by molar-refractivity contribution is -0.375. The van der Waals surface area contributed by atoms with Gasteiger partial charge in [-0.25, -0.2) is 4.79 Å². The van der Waals surface area contributed by atoms with E-state index in [4.69, 9.17) is 23.7 Å². The zero-order valence-corrected chi connectivity index (χ0v) is 35.0. The van der Waals surface area contributed by atoms with Gasteiger partial charge in [-0.1, -0.05) is 60.1 Å². The van der Waals surface area contributed by atoms with Crippen LogP contribution in [-0.2, 0) is 28.5 Å². The molecule has 8 N–H and O–H groups in total. The number of hydrogen-bond acceptors (Lipinski definition) is 14. The van der Waals surface area contributed by atoms with Gasteiger partial charge in [-0.2, -0.15) is 0 Å². The molecule has 0 aromatic carbocycles. The van der Waals surface area contributed by atoms with Crippen LogP contribution >= 0.6 is 0 Å². The van der Waals surface area contributed by atoms with Crippen LogP contribution in [0.15, 0.2) is 11.6 Å². The summed E-state index contributed by atoms with van der Waals surface area (Å²) in [6, 6.07) is 0. The van der Waals surface area contributed by atoms with E-state index in [2.05, 4.69) is 47.6 Å². The van der Waals surface area contributed by atoms with Gasteiger partial charge in [0, 0.05) is 10.8 Å². The van der Waals surface area contributed by atoms with Crippen molar-refractivity contribution in [3.05, 3.63) is 11.6 Å². The first-order valence-corrected chi connectivity index (χ1v) is 21.3. The van der Waals surface area contributed by atoms with E-state index >= 15 is 0 Å². The molecule has 5 aliphatic carbocycles. The molecule has 14 nitrogen and oxygen atoms in total. The van der Waals surface area contributed by atoms with Crippen LogP contribution in [0, 0.1) is 50.2 Å². The lowest BCUT2D eigenvalue weighted by Gasteiger charge is -2.72. The number of aliphatic hydroxyl groups excluding tert-OH is 8. The van der Waals surface area contributed by atoms with Crippen LogP contribution in [0.5, 0.6) is 0 Å². The van der Waals surface area contributed by atoms with Crippen molar-refractivity contribution >= 4 is 5.97 Å². The van der Waals surface area contributed by atoms with Crippen molar-refractivity contribution in [2.45, 2.75) is 180 Å². The molecule has 20 atom stereocenters. The Labute approximate surface area is 336 Å². The molecule has 0 spiro atoms. The SMILES string of the molecule is COC(=O)[C@H]1O[C@@H](O[C@H]2CC[C@@]3(C)[C@@H](CC[C@]4(C)[C@@H]3CC=C3[C@@H]5CC(C)(C)C[C@@H](O)[C@]5(C)CC[C@]34C)[C@@]2(C)CO)[C@H](O[C@@H]2O[C@H](CO)[C@@H](O)[C@H](O)[C@H]2O)[C@@H](O)[C@@H]1O. The quantitative estimate of drug-likeness (QED) is 0.105. The highest BCUT2D eigenvalue weighted by atomic mass is 16.8. The Morgan fingerprint density at radius 1 is 0.754 bits per heavy atom. The summed E-state index contributed by atoms with van der Waals surface area (Å²) < 4.78 is 29.1. The van der Waals surface area contributed by atoms with Gasteiger partial charge in [0.15, 0.2) is 18.7 Å². The third-order valence-electron chi connectivity index (χ3n) is 17.6. The van der Waals surface area contributed by atoms with E-state index in [0.29, 0.717) is 18.3 Å². The predicted molar refractivity (Wildman–Crippen MR) is 204 cm³/mol. The summed E-state index contributed by atoms with van der Waals surface area (Å²) in [7, 11) is 1.12. The molecule has 0 aromatic rings. The topological polar surface area (TPSA) is 225 Å². The van der Waals surface area contributed by atoms with E-state index in [1.165, 1.54) is 5.57 Å². The van der Waals surface area contributed by atoms with Crippen LogP contribution < -0.4 is 0 Å². The maximum atomic E-state index is 12.8. The molecule has 6 fully saturated rings. The molecule has 326 valence electrons. The smallest absolute Gasteiger partial charge is 0.337 e. The van der Waals surface area contributed by atoms with Crippen LogP contribution in [0.4, 0.5) is 0 Å². The van der Waals surface area contributed by atoms with Crippen molar-refractivity contribution in [3.63, 3.8) is 0 Å². The molecule has 2 aliphatic heterocycles. The first-order valence-electron chi connectivity index (χ1n) is 21.3. The van der Waals surface area contributed by atoms with Gasteiger partial charge in [0.1, 0.15) is 42.7 Å². The van der Waals surface area contributed by atoms with Crippen LogP contribution in [0.25, 0.3) is 0 Å². The maximum Gasteiger partial charge on any atom is 0.337 e. The first-order chi connectivity index (χ1) is 26.6. The summed E-state index contributed by atoms with van der Waals surface area (Å²) >= 11 is 0. The number of carbonyl (C=O) groups is 1. The van der Waals surface area contributed by atoms with E-state index in [0.717, 1.165) is 58.5 Å². The third-order valence-corrected chi connectivity index (χ3v) is 17.6. The van der Waals surface area contributed by atoms with Gasteiger partial charge in [0.05, 0.1) is 32.5 Å². The van der Waals surface area contributed by atoms with E-state index in [1.54, 1.807) is 0 Å². The molecule has 7 aliphatic rings. The van der Waals surface area contributed by atoms with Gasteiger partial charge in [-0.3, -0.25) is 0 Å². The molecule has 0 unspecified atom stereocenters. The van der Waals surface area contributed by atoms with E-state index < -0.39 is 85.5 Å². The Morgan fingerprint density at radius 2 is 1.46 bits per heavy atom. The Bertz CT molecular complexity index is 1540. The Balaban J connectivity index is 1.18. The van der Waals surface area contributed by atoms with Crippen molar-refractivity contribution in [2.24, 2.45) is 50.2 Å². The van der Waals surface area contributed by atoms with Crippen LogP contribution in [-0.4, -0.2) is 141 Å². The molecular formula is C43H70O14. The van der Waals surface area contributed by atoms with Crippen LogP contribution in [0.2, 0.25) is 0 Å². The highest BCUT2D eigenvalue weighted by Gasteiger charge is 2.69. The minimum atomic E-state index is -1.84. The number of hydrogen-bond donors (Lipinski definition) is 8. The number of ether oxygens (including phenoxy) is 5. The van der Waals surface area contributed by atoms with Crippen molar-refractivity contribution < 1.29 is 69.3 Å². The van der Waals surface area contributed by atoms with E-state index in [-0.39, 0.29) is 45.7 Å². The molecule has 7 rings (SSSR count). The number of aliphatic hydroxyl groups is 8. The summed E-state index contributed by atoms with van der Waals surface area (Å²) in [5.41, 5.74) is 0.369. The molecule has 2 heterocycles. The number of fused-ring (bicyclic) bond motifs is 7. The summed E-state index contributed by atoms with van der Waals surface area (Å²) in [6.45, 7) is 15.3. The normalized spacial score (nSPS) is 54.7. The molecule has 0 radical (unpaired) electrons. The fourth-order valence-electron chi connectivity index (χ4n) is 13.8. The van der Waals surface area contributed by atoms with E-state index in [9.17, 15) is 45.6 Å². The van der Waals surface area contributed by atoms with Gasteiger partial charge >= 0.3 is 5.97 Å². The van der Waals surface area contributed by atoms with Crippen molar-refractivity contribution in [1.82, 2.24) is 0 Å². The van der Waals surface area contributed by atoms with Crippen molar-refractivity contribution in [1.29, 1.82) is 0 Å². The van der Waals surface area contributed by atoms with E-state index in [1.807, 2.05) is 6.92 Å². The Kier molecular flexibility index (Phi) is 11.5. The molecule has 2 saturated heterocycles. The second-order valence-electron chi connectivity index (χ2n) is 21.0. The van der Waals surface area contributed by atoms with Crippen LogP contribution in [0.1, 0.15) is 106 Å². The molecule has 0 amide bonds. The van der Waals surface area contributed by atoms with Gasteiger partial charge in [0.2, 0.25) is 0 Å². The molecule has 14 heteroatoms. The lowest BCUT2D eigenvalue weighted by Crippen LogP contribution is -2.68. The zero-order valence-electron chi connectivity index (χ0n) is 35.0. The molecule has 57 heavy (non-hydrogen) atoms. The van der Waals surface area contributed by atoms with Gasteiger partial charge in [-0.05, 0) is 97.2 Å². The minimum Gasteiger partial charge on any atom is -0.467 e. The average Bonchev–Trinajstić information content (AvgIpc) is 3.16. The fourth-order valence-corrected chi connectivity index (χ4v) is 13.8. The number of allylic oxidation sites excluding steroid dienone is 2. The Hall–Kier alpha value is -1.27. The van der Waals surface area contributed by atoms with Gasteiger partial charge in [0.25, 0.3) is 0 Å². The second kappa shape index (κ2) is 15.0. The summed E-state index contributed by atoms with van der Waals surface area (Å²) in [5, 5.41) is 86.7. The predicted octanol–water partition coefficient (Wildman–Crippen LogP) is 1.94. The number of carbonyl (C=O) groups excluding carboxylic acids is 1. The monoisotopic (exact) mass is 810 g/mol. The maximum absolute atomic E-state index is 12.8. The lowest BCUT2D eigenvalue weighted by atomic mass is 9.33. The van der Waals surface area contributed by atoms with Crippen molar-refractivity contribution in [3.8, 4) is 0 Å². The summed E-state index contributed by atoms with van der Waals surface area (Å²) in [4.78, 5) is 12.8. The average molecular weight is 811 g/mol. The van der Waals surface area contributed by atoms with Crippen molar-refractivity contribution in [2.75, 3.05) is 20.3 Å². The number of esters is 1. The summed E-state index contributed by atoms with van der Waals surface area (Å²) in [5.74, 6) is -0.317. The second-order valence-corrected chi connectivity index (χ2v) is 21.0. The van der Waals surface area contributed by atoms with Crippen LogP contribution in [0.3, 0.4) is 0 Å². The number of rotatable bonds is 7. The highest BCUT2D eigenvalue weighted by molar-refractivity contribution is 5.75. The first kappa shape index (κ1) is 43.8. The molecular weight excluding hydrogens is 740 g/mol. The molecule has 0 bridgehead atoms. The summed E-state index contributed by atoms with van der Waals surface area (Å²) in [6.07, 6.45) is -7.33. The third kappa shape index (κ3) is 6.52. The zero-order chi connectivity index (χ0) is 41.8. The number of methoxy groups -OCH3 is 1. The standard InChI is InChI=1S/C43H70O14/c1-38(2)17-22-21-9-10-25-40(4)13-12-27(41(5,20-45)24(40)11-14-43(25,7)42(21,6)16-15-39(22,3)26(46)18-38)55-37-34(31(50)30(49)33(56-37)35(52)53-8)57-36-32(51)29(48)28(47)23(19-44)54-36/h9,22-34,36-37,44-51H,10-20H2,1-8H3/t22-,23+,24+,25+,26+,27-,28+,29-,30-,31-,32+,33-,34+,36-,37+,39+,40-,41+,42+,43+/m0/s1. The highest BCUT2D eigenvalue weighted by Crippen LogP contribution is 2.76. The largest absolute Gasteiger partial charge is 0.467 e. The Morgan fingerprint density at radius 3 is 2.11 bits per heavy atom. The fraction of sp³-hybridized carbons (Fsp3) is 0.930. The van der Waals surface area contributed by atoms with Gasteiger partial charge in [-0.15, -0.1) is 0 Å². The minimum absolute atomic E-state index is 0.00925. The van der Waals surface area contributed by atoms with Gasteiger partial charge < -0.3 is 64.5 Å².